The van der Waals surface area contributed by atoms with Gasteiger partial charge < -0.3 is 69.6 Å². The molecule has 8 aliphatic rings. The highest BCUT2D eigenvalue weighted by Gasteiger charge is 2.85. The monoisotopic (exact) mass is 784 g/mol. The van der Waals surface area contributed by atoms with Gasteiger partial charge in [-0.25, -0.2) is 0 Å². The molecule has 0 aromatic rings. The average Bonchev–Trinajstić information content (AvgIpc) is 3.45. The first-order valence-corrected chi connectivity index (χ1v) is 20.9. The first-order valence-electron chi connectivity index (χ1n) is 20.9. The van der Waals surface area contributed by atoms with Crippen LogP contribution in [0.1, 0.15) is 106 Å². The summed E-state index contributed by atoms with van der Waals surface area (Å²) in [5.41, 5.74) is -2.64. The van der Waals surface area contributed by atoms with Gasteiger partial charge in [-0.15, -0.1) is 0 Å². The van der Waals surface area contributed by atoms with E-state index in [0.717, 1.165) is 38.5 Å². The Morgan fingerprint density at radius 1 is 0.709 bits per heavy atom. The Morgan fingerprint density at radius 3 is 2.07 bits per heavy atom. The van der Waals surface area contributed by atoms with Gasteiger partial charge in [0.05, 0.1) is 48.8 Å². The summed E-state index contributed by atoms with van der Waals surface area (Å²) in [6, 6.07) is 0. The van der Waals surface area contributed by atoms with E-state index in [1.807, 2.05) is 0 Å². The van der Waals surface area contributed by atoms with Crippen LogP contribution in [0.5, 0.6) is 0 Å². The Labute approximate surface area is 324 Å². The molecule has 8 fully saturated rings. The van der Waals surface area contributed by atoms with E-state index in [0.29, 0.717) is 19.3 Å². The first-order chi connectivity index (χ1) is 25.5. The van der Waals surface area contributed by atoms with Crippen LogP contribution in [0, 0.1) is 44.8 Å². The molecule has 5 saturated carbocycles. The highest BCUT2D eigenvalue weighted by atomic mass is 16.8. The molecule has 3 aliphatic heterocycles. The number of aliphatic hydroxyl groups is 9. The maximum atomic E-state index is 12.4. The summed E-state index contributed by atoms with van der Waals surface area (Å²) in [5, 5.41) is 97.9. The predicted octanol–water partition coefficient (Wildman–Crippen LogP) is 0.724. The number of hydrogen-bond acceptors (Lipinski definition) is 14. The lowest BCUT2D eigenvalue weighted by molar-refractivity contribution is -0.366. The summed E-state index contributed by atoms with van der Waals surface area (Å²) in [5.74, 6) is 0.0159. The molecule has 55 heavy (non-hydrogen) atoms. The van der Waals surface area contributed by atoms with Gasteiger partial charge in [0.25, 0.3) is 0 Å². The van der Waals surface area contributed by atoms with Gasteiger partial charge in [0.1, 0.15) is 42.7 Å². The van der Waals surface area contributed by atoms with E-state index >= 15 is 0 Å². The van der Waals surface area contributed by atoms with Crippen molar-refractivity contribution in [3.63, 3.8) is 0 Å². The summed E-state index contributed by atoms with van der Waals surface area (Å²) in [7, 11) is 0. The number of hydrogen-bond donors (Lipinski definition) is 9. The zero-order chi connectivity index (χ0) is 40.1. The number of aliphatic hydroxyl groups excluding tert-OH is 8. The molecule has 0 amide bonds. The summed E-state index contributed by atoms with van der Waals surface area (Å²) in [6.07, 6.45) is -7.87. The van der Waals surface area contributed by atoms with Crippen LogP contribution in [-0.4, -0.2) is 150 Å². The molecule has 0 bridgehead atoms. The fourth-order valence-corrected chi connectivity index (χ4v) is 14.9. The molecule has 14 nitrogen and oxygen atoms in total. The van der Waals surface area contributed by atoms with Gasteiger partial charge in [0.15, 0.2) is 12.6 Å². The van der Waals surface area contributed by atoms with E-state index < -0.39 is 96.8 Å². The topological polar surface area (TPSA) is 228 Å². The van der Waals surface area contributed by atoms with Crippen molar-refractivity contribution >= 4 is 0 Å². The second kappa shape index (κ2) is 13.2. The zero-order valence-electron chi connectivity index (χ0n) is 33.6. The Morgan fingerprint density at radius 2 is 1.42 bits per heavy atom. The first kappa shape index (κ1) is 41.2. The van der Waals surface area contributed by atoms with E-state index in [1.165, 1.54) is 0 Å². The minimum absolute atomic E-state index is 0.0193. The lowest BCUT2D eigenvalue weighted by Gasteiger charge is -2.64. The second-order valence-electron chi connectivity index (χ2n) is 21.1. The fraction of sp³-hybridized carbons (Fsp3) is 1.00. The van der Waals surface area contributed by atoms with Crippen LogP contribution in [0.15, 0.2) is 0 Å². The summed E-state index contributed by atoms with van der Waals surface area (Å²) < 4.78 is 30.9. The van der Waals surface area contributed by atoms with Crippen molar-refractivity contribution in [2.45, 2.75) is 197 Å². The Bertz CT molecular complexity index is 1460. The van der Waals surface area contributed by atoms with E-state index in [4.69, 9.17) is 23.7 Å². The molecular formula is C41H68O14. The van der Waals surface area contributed by atoms with E-state index in [2.05, 4.69) is 34.6 Å². The van der Waals surface area contributed by atoms with Crippen LogP contribution >= 0.6 is 0 Å². The summed E-state index contributed by atoms with van der Waals surface area (Å²) >= 11 is 0. The van der Waals surface area contributed by atoms with Crippen molar-refractivity contribution in [2.24, 2.45) is 44.8 Å². The normalized spacial score (nSPS) is 58.7. The van der Waals surface area contributed by atoms with E-state index in [-0.39, 0.29) is 52.1 Å². The van der Waals surface area contributed by atoms with Crippen molar-refractivity contribution in [3.05, 3.63) is 0 Å². The van der Waals surface area contributed by atoms with Crippen molar-refractivity contribution in [1.29, 1.82) is 0 Å². The molecule has 2 spiro atoms. The van der Waals surface area contributed by atoms with Gasteiger partial charge in [-0.05, 0) is 117 Å². The molecule has 3 heterocycles. The number of rotatable bonds is 7. The maximum absolute atomic E-state index is 12.4. The number of fused-ring (bicyclic) bond motifs is 2. The lowest BCUT2D eigenvalue weighted by Crippen LogP contribution is -2.64. The van der Waals surface area contributed by atoms with Crippen molar-refractivity contribution < 1.29 is 69.6 Å². The van der Waals surface area contributed by atoms with Crippen molar-refractivity contribution in [2.75, 3.05) is 13.2 Å². The van der Waals surface area contributed by atoms with Crippen LogP contribution in [0.3, 0.4) is 0 Å². The summed E-state index contributed by atoms with van der Waals surface area (Å²) in [6.45, 7) is 13.8. The minimum Gasteiger partial charge on any atom is -0.394 e. The van der Waals surface area contributed by atoms with E-state index in [1.54, 1.807) is 13.8 Å². The van der Waals surface area contributed by atoms with Gasteiger partial charge in [-0.2, -0.15) is 0 Å². The van der Waals surface area contributed by atoms with Gasteiger partial charge in [0.2, 0.25) is 0 Å². The standard InChI is InChI=1S/C41H68O14/c1-35(2)24(53-34-30(26(46)21(45)17-51-34)54-33-29(49)28(48)27(47)22(16-42)52-33)9-11-41-18-40(41)13-12-37(5)32(39(7)10-8-25(55-39)36(3,4)50)20(44)15-38(37,6)23(40)14-19(43)31(35)41/h19-34,42-50H,8-18H2,1-7H3/t19-,20-,21+,22+,23-,24-,25-,26-,27-,28-,29+,30+,31-,32-,33-,34-,37+,38-,39+,40-,41+/m0/s1. The molecule has 0 aromatic carbocycles. The molecule has 8 rings (SSSR count). The molecule has 14 heteroatoms. The average molecular weight is 785 g/mol. The maximum Gasteiger partial charge on any atom is 0.187 e. The van der Waals surface area contributed by atoms with Crippen molar-refractivity contribution in [3.8, 4) is 0 Å². The smallest absolute Gasteiger partial charge is 0.187 e. The minimum atomic E-state index is -1.72. The Kier molecular flexibility index (Phi) is 9.90. The molecule has 0 radical (unpaired) electrons. The molecule has 0 aromatic heterocycles. The molecule has 3 saturated heterocycles. The third-order valence-electron chi connectivity index (χ3n) is 17.6. The van der Waals surface area contributed by atoms with Crippen molar-refractivity contribution in [1.82, 2.24) is 0 Å². The van der Waals surface area contributed by atoms with Gasteiger partial charge in [-0.3, -0.25) is 0 Å². The van der Waals surface area contributed by atoms with Gasteiger partial charge in [0, 0.05) is 5.92 Å². The highest BCUT2D eigenvalue weighted by Crippen LogP contribution is 2.89. The quantitative estimate of drug-likeness (QED) is 0.162. The van der Waals surface area contributed by atoms with Crippen LogP contribution in [-0.2, 0) is 23.7 Å². The second-order valence-corrected chi connectivity index (χ2v) is 21.1. The third kappa shape index (κ3) is 5.70. The number of ether oxygens (including phenoxy) is 5. The van der Waals surface area contributed by atoms with Crippen LogP contribution in [0.2, 0.25) is 0 Å². The third-order valence-corrected chi connectivity index (χ3v) is 17.6. The molecule has 5 aliphatic carbocycles. The molecule has 21 atom stereocenters. The largest absolute Gasteiger partial charge is 0.394 e. The summed E-state index contributed by atoms with van der Waals surface area (Å²) in [4.78, 5) is 0. The molecular weight excluding hydrogens is 716 g/mol. The fourth-order valence-electron chi connectivity index (χ4n) is 14.9. The zero-order valence-corrected chi connectivity index (χ0v) is 33.6. The van der Waals surface area contributed by atoms with E-state index in [9.17, 15) is 46.0 Å². The SMILES string of the molecule is CC(C)(O)[C@@H]1CC[C@](C)([C@H]2[C@@H](O)C[C@@]3(C)[C@@H]4C[C@H](O)[C@H]5C(C)(C)[C@@H](O[C@@H]6OC[C@@H](O)[C@H](O)[C@H]6O[C@@H]6O[C@H](CO)[C@H](O)[C@H](O)[C@H]6O)CC[C@@]56C[C@@]46CC[C@]23C)O1. The van der Waals surface area contributed by atoms with Crippen LogP contribution in [0.25, 0.3) is 0 Å². The predicted molar refractivity (Wildman–Crippen MR) is 194 cm³/mol. The molecule has 9 N–H and O–H groups in total. The Balaban J connectivity index is 1.02. The van der Waals surface area contributed by atoms with Gasteiger partial charge in [-0.1, -0.05) is 27.7 Å². The van der Waals surface area contributed by atoms with Crippen LogP contribution < -0.4 is 0 Å². The molecule has 0 unspecified atom stereocenters. The van der Waals surface area contributed by atoms with Crippen LogP contribution in [0.4, 0.5) is 0 Å². The highest BCUT2D eigenvalue weighted by molar-refractivity contribution is 5.33. The van der Waals surface area contributed by atoms with Gasteiger partial charge >= 0.3 is 0 Å². The lowest BCUT2D eigenvalue weighted by atomic mass is 9.41. The Hall–Kier alpha value is -0.560. The molecule has 316 valence electrons.